The number of ether oxygens (including phenoxy) is 1. The number of anilines is 1. The normalized spacial score (nSPS) is 22.2. The minimum atomic E-state index is -1.16. The second kappa shape index (κ2) is 6.21. The Morgan fingerprint density at radius 3 is 2.86 bits per heavy atom. The Bertz CT molecular complexity index is 642. The monoisotopic (exact) mass is 298 g/mol. The van der Waals surface area contributed by atoms with Crippen molar-refractivity contribution >= 4 is 12.2 Å². The van der Waals surface area contributed by atoms with Gasteiger partial charge in [-0.15, -0.1) is 0 Å². The van der Waals surface area contributed by atoms with Crippen LogP contribution in [0.5, 0.6) is 0 Å². The average Bonchev–Trinajstić information content (AvgIpc) is 3.06. The van der Waals surface area contributed by atoms with Crippen LogP contribution in [0.25, 0.3) is 0 Å². The molecule has 1 aromatic heterocycles. The van der Waals surface area contributed by atoms with Gasteiger partial charge in [-0.1, -0.05) is 30.3 Å². The minimum absolute atomic E-state index is 0.0566. The molecule has 0 bridgehead atoms. The third-order valence-electron chi connectivity index (χ3n) is 3.67. The van der Waals surface area contributed by atoms with Gasteiger partial charge in [-0.05, 0) is 18.6 Å². The van der Waals surface area contributed by atoms with E-state index in [0.717, 1.165) is 11.8 Å². The zero-order chi connectivity index (χ0) is 15.4. The molecule has 1 fully saturated rings. The largest absolute Gasteiger partial charge is 0.348 e. The molecule has 0 amide bonds. The van der Waals surface area contributed by atoms with Crippen molar-refractivity contribution in [3.63, 3.8) is 0 Å². The van der Waals surface area contributed by atoms with Crippen LogP contribution in [-0.2, 0) is 15.3 Å². The fourth-order valence-corrected chi connectivity index (χ4v) is 2.45. The highest BCUT2D eigenvalue weighted by Crippen LogP contribution is 2.23. The van der Waals surface area contributed by atoms with Gasteiger partial charge in [0.25, 0.3) is 0 Å². The number of carbonyl (C=O) groups excluding carboxylic acids is 1. The van der Waals surface area contributed by atoms with E-state index in [0.29, 0.717) is 24.8 Å². The van der Waals surface area contributed by atoms with Gasteiger partial charge in [0.15, 0.2) is 6.29 Å². The molecule has 0 aliphatic carbocycles. The summed E-state index contributed by atoms with van der Waals surface area (Å²) in [5.74, 6) is 0.465. The van der Waals surface area contributed by atoms with Gasteiger partial charge in [-0.3, -0.25) is 10.1 Å². The lowest BCUT2D eigenvalue weighted by Crippen LogP contribution is -2.40. The van der Waals surface area contributed by atoms with E-state index in [1.165, 1.54) is 0 Å². The fraction of sp³-hybridized carbons (Fsp3) is 0.312. The lowest BCUT2D eigenvalue weighted by molar-refractivity contribution is -0.129. The number of carbonyl (C=O) groups is 1. The Balaban J connectivity index is 1.81. The zero-order valence-electron chi connectivity index (χ0n) is 12.3. The smallest absolute Gasteiger partial charge is 0.223 e. The highest BCUT2D eigenvalue weighted by molar-refractivity contribution is 5.65. The molecule has 2 atom stereocenters. The molecule has 3 rings (SSSR count). The quantitative estimate of drug-likeness (QED) is 0.817. The van der Waals surface area contributed by atoms with Crippen LogP contribution in [0, 0.1) is 0 Å². The lowest BCUT2D eigenvalue weighted by atomic mass is 10.1. The first-order valence-electron chi connectivity index (χ1n) is 7.24. The number of aldehydes is 1. The second-order valence-corrected chi connectivity index (χ2v) is 5.17. The van der Waals surface area contributed by atoms with Crippen molar-refractivity contribution < 1.29 is 9.53 Å². The summed E-state index contributed by atoms with van der Waals surface area (Å²) in [5.41, 5.74) is 0.490. The van der Waals surface area contributed by atoms with Gasteiger partial charge in [-0.2, -0.15) is 0 Å². The Morgan fingerprint density at radius 2 is 2.18 bits per heavy atom. The highest BCUT2D eigenvalue weighted by atomic mass is 16.5. The number of hydrogen-bond acceptors (Lipinski definition) is 6. The molecule has 114 valence electrons. The summed E-state index contributed by atoms with van der Waals surface area (Å²) in [4.78, 5) is 20.1. The summed E-state index contributed by atoms with van der Waals surface area (Å²) in [5, 5.41) is 6.28. The standard InChI is InChI=1S/C16H18N4O2/c1-12(13-5-3-2-4-6-13)19-15-17-8-7-14(20-15)16(11-21)18-9-10-22-16/h2-8,11-12,18H,9-10H2,1H3,(H,17,19,20). The summed E-state index contributed by atoms with van der Waals surface area (Å²) < 4.78 is 5.52. The zero-order valence-corrected chi connectivity index (χ0v) is 12.3. The first-order valence-corrected chi connectivity index (χ1v) is 7.24. The molecule has 6 nitrogen and oxygen atoms in total. The van der Waals surface area contributed by atoms with Crippen molar-refractivity contribution in [1.29, 1.82) is 0 Å². The van der Waals surface area contributed by atoms with Crippen molar-refractivity contribution in [3.8, 4) is 0 Å². The van der Waals surface area contributed by atoms with Gasteiger partial charge >= 0.3 is 0 Å². The number of aromatic nitrogens is 2. The topological polar surface area (TPSA) is 76.1 Å². The van der Waals surface area contributed by atoms with E-state index in [9.17, 15) is 4.79 Å². The Hall–Kier alpha value is -2.31. The maximum absolute atomic E-state index is 11.4. The van der Waals surface area contributed by atoms with Crippen molar-refractivity contribution in [2.45, 2.75) is 18.7 Å². The van der Waals surface area contributed by atoms with Crippen LogP contribution in [0.3, 0.4) is 0 Å². The molecule has 6 heteroatoms. The van der Waals surface area contributed by atoms with Gasteiger partial charge in [0, 0.05) is 12.7 Å². The second-order valence-electron chi connectivity index (χ2n) is 5.17. The third-order valence-corrected chi connectivity index (χ3v) is 3.67. The summed E-state index contributed by atoms with van der Waals surface area (Å²) in [6.45, 7) is 3.13. The number of nitrogens with zero attached hydrogens (tertiary/aromatic N) is 2. The van der Waals surface area contributed by atoms with E-state index in [1.807, 2.05) is 37.3 Å². The molecule has 1 aromatic carbocycles. The molecular formula is C16H18N4O2. The number of rotatable bonds is 5. The van der Waals surface area contributed by atoms with Crippen LogP contribution in [0.1, 0.15) is 24.2 Å². The molecule has 1 saturated heterocycles. The van der Waals surface area contributed by atoms with Crippen LogP contribution >= 0.6 is 0 Å². The highest BCUT2D eigenvalue weighted by Gasteiger charge is 2.38. The predicted octanol–water partition coefficient (Wildman–Crippen LogP) is 1.62. The predicted molar refractivity (Wildman–Crippen MR) is 82.2 cm³/mol. The van der Waals surface area contributed by atoms with E-state index in [4.69, 9.17) is 4.74 Å². The molecule has 2 unspecified atom stereocenters. The average molecular weight is 298 g/mol. The van der Waals surface area contributed by atoms with Crippen molar-refractivity contribution in [2.24, 2.45) is 0 Å². The molecule has 2 heterocycles. The molecule has 22 heavy (non-hydrogen) atoms. The number of hydrogen-bond donors (Lipinski definition) is 2. The van der Waals surface area contributed by atoms with Crippen molar-refractivity contribution in [3.05, 3.63) is 53.9 Å². The number of nitrogens with one attached hydrogen (secondary N) is 2. The summed E-state index contributed by atoms with van der Waals surface area (Å²) in [7, 11) is 0. The molecular weight excluding hydrogens is 280 g/mol. The SMILES string of the molecule is CC(Nc1nccc(C2(C=O)NCCO2)n1)c1ccccc1. The molecule has 2 aromatic rings. The van der Waals surface area contributed by atoms with Gasteiger partial charge in [-0.25, -0.2) is 9.97 Å². The third kappa shape index (κ3) is 2.84. The molecule has 1 aliphatic rings. The summed E-state index contributed by atoms with van der Waals surface area (Å²) in [6, 6.07) is 11.8. The molecule has 1 aliphatic heterocycles. The maximum atomic E-state index is 11.4. The summed E-state index contributed by atoms with van der Waals surface area (Å²) in [6.07, 6.45) is 2.36. The first kappa shape index (κ1) is 14.6. The van der Waals surface area contributed by atoms with Gasteiger partial charge in [0.2, 0.25) is 11.7 Å². The van der Waals surface area contributed by atoms with Gasteiger partial charge < -0.3 is 10.1 Å². The van der Waals surface area contributed by atoms with Crippen LogP contribution in [0.15, 0.2) is 42.6 Å². The van der Waals surface area contributed by atoms with Crippen LogP contribution in [-0.4, -0.2) is 29.4 Å². The van der Waals surface area contributed by atoms with Crippen LogP contribution in [0.2, 0.25) is 0 Å². The van der Waals surface area contributed by atoms with Gasteiger partial charge in [0.05, 0.1) is 12.6 Å². The number of benzene rings is 1. The molecule has 0 radical (unpaired) electrons. The Labute approximate surface area is 128 Å². The molecule has 0 spiro atoms. The van der Waals surface area contributed by atoms with Crippen molar-refractivity contribution in [1.82, 2.24) is 15.3 Å². The van der Waals surface area contributed by atoms with E-state index in [1.54, 1.807) is 12.3 Å². The Kier molecular flexibility index (Phi) is 4.13. The van der Waals surface area contributed by atoms with Crippen LogP contribution < -0.4 is 10.6 Å². The first-order chi connectivity index (χ1) is 10.7. The van der Waals surface area contributed by atoms with Crippen LogP contribution in [0.4, 0.5) is 5.95 Å². The van der Waals surface area contributed by atoms with E-state index in [-0.39, 0.29) is 6.04 Å². The Morgan fingerprint density at radius 1 is 1.36 bits per heavy atom. The molecule has 2 N–H and O–H groups in total. The molecule has 0 saturated carbocycles. The lowest BCUT2D eigenvalue weighted by Gasteiger charge is -2.22. The fourth-order valence-electron chi connectivity index (χ4n) is 2.45. The summed E-state index contributed by atoms with van der Waals surface area (Å²) >= 11 is 0. The minimum Gasteiger partial charge on any atom is -0.348 e. The van der Waals surface area contributed by atoms with E-state index < -0.39 is 5.72 Å². The maximum Gasteiger partial charge on any atom is 0.223 e. The van der Waals surface area contributed by atoms with E-state index in [2.05, 4.69) is 20.6 Å². The van der Waals surface area contributed by atoms with E-state index >= 15 is 0 Å². The van der Waals surface area contributed by atoms with Crippen molar-refractivity contribution in [2.75, 3.05) is 18.5 Å². The van der Waals surface area contributed by atoms with Gasteiger partial charge in [0.1, 0.15) is 5.69 Å².